The summed E-state index contributed by atoms with van der Waals surface area (Å²) in [6.45, 7) is 0. The molecule has 0 saturated heterocycles. The van der Waals surface area contributed by atoms with Gasteiger partial charge in [0.25, 0.3) is 0 Å². The Labute approximate surface area is 115 Å². The maximum atomic E-state index is 13.3. The van der Waals surface area contributed by atoms with Crippen molar-refractivity contribution in [3.63, 3.8) is 0 Å². The molecule has 1 aliphatic heterocycles. The summed E-state index contributed by atoms with van der Waals surface area (Å²) in [6, 6.07) is 7.97. The number of hydrogen-bond donors (Lipinski definition) is 0. The lowest BCUT2D eigenvalue weighted by Gasteiger charge is -2.08. The first-order valence-corrected chi connectivity index (χ1v) is 7.32. The normalized spacial score (nSPS) is 15.1. The molecule has 2 aromatic carbocycles. The third-order valence-corrected chi connectivity index (χ3v) is 5.05. The second kappa shape index (κ2) is 4.38. The number of hydrogen-bond acceptors (Lipinski definition) is 3. The highest BCUT2D eigenvalue weighted by molar-refractivity contribution is 7.91. The van der Waals surface area contributed by atoms with E-state index in [-0.39, 0.29) is 15.4 Å². The van der Waals surface area contributed by atoms with Gasteiger partial charge in [0, 0.05) is 5.56 Å². The first kappa shape index (κ1) is 12.7. The van der Waals surface area contributed by atoms with Gasteiger partial charge < -0.3 is 0 Å². The molecular formula is C15H9FO3S. The molecule has 100 valence electrons. The number of rotatable bonds is 1. The van der Waals surface area contributed by atoms with Gasteiger partial charge >= 0.3 is 0 Å². The smallest absolute Gasteiger partial charge is 0.207 e. The van der Waals surface area contributed by atoms with Crippen molar-refractivity contribution in [2.45, 2.75) is 9.79 Å². The van der Waals surface area contributed by atoms with E-state index in [1.54, 1.807) is 24.3 Å². The number of fused-ring (bicyclic) bond motifs is 2. The molecular weight excluding hydrogens is 279 g/mol. The van der Waals surface area contributed by atoms with E-state index in [0.717, 1.165) is 6.07 Å². The van der Waals surface area contributed by atoms with E-state index >= 15 is 0 Å². The largest absolute Gasteiger partial charge is 0.298 e. The molecule has 0 spiro atoms. The Hall–Kier alpha value is -2.27. The third kappa shape index (κ3) is 1.87. The summed E-state index contributed by atoms with van der Waals surface area (Å²) in [5, 5.41) is 0. The summed E-state index contributed by atoms with van der Waals surface area (Å²) >= 11 is 0. The minimum Gasteiger partial charge on any atom is -0.298 e. The zero-order chi connectivity index (χ0) is 14.3. The lowest BCUT2D eigenvalue weighted by molar-refractivity contribution is 0.112. The molecule has 3 nitrogen and oxygen atoms in total. The topological polar surface area (TPSA) is 51.2 Å². The second-order valence-corrected chi connectivity index (χ2v) is 6.32. The van der Waals surface area contributed by atoms with E-state index < -0.39 is 15.7 Å². The van der Waals surface area contributed by atoms with Crippen LogP contribution >= 0.6 is 0 Å². The van der Waals surface area contributed by atoms with E-state index in [0.29, 0.717) is 17.4 Å². The predicted octanol–water partition coefficient (Wildman–Crippen LogP) is 2.95. The maximum Gasteiger partial charge on any atom is 0.207 e. The van der Waals surface area contributed by atoms with Crippen molar-refractivity contribution in [2.75, 3.05) is 0 Å². The van der Waals surface area contributed by atoms with Crippen LogP contribution in [0.1, 0.15) is 21.5 Å². The molecule has 0 aromatic heterocycles. The quantitative estimate of drug-likeness (QED) is 0.511. The standard InChI is InChI=1S/C15H9FO3S/c16-13-5-6-14-12(8-13)4-3-11-2-1-10(9-17)7-15(11)20(14,18)19/h1-9H. The molecule has 2 aromatic rings. The zero-order valence-corrected chi connectivity index (χ0v) is 11.0. The second-order valence-electron chi connectivity index (χ2n) is 4.43. The molecule has 0 aliphatic carbocycles. The van der Waals surface area contributed by atoms with Crippen LogP contribution in [0, 0.1) is 5.82 Å². The fourth-order valence-electron chi connectivity index (χ4n) is 2.19. The Kier molecular flexibility index (Phi) is 2.79. The Balaban J connectivity index is 2.37. The van der Waals surface area contributed by atoms with Gasteiger partial charge in [0.2, 0.25) is 9.84 Å². The number of carbonyl (C=O) groups excluding carboxylic acids is 1. The molecule has 0 atom stereocenters. The average molecular weight is 288 g/mol. The van der Waals surface area contributed by atoms with E-state index in [1.165, 1.54) is 18.2 Å². The predicted molar refractivity (Wildman–Crippen MR) is 72.6 cm³/mol. The highest BCUT2D eigenvalue weighted by atomic mass is 32.2. The Morgan fingerprint density at radius 2 is 1.65 bits per heavy atom. The van der Waals surface area contributed by atoms with Crippen LogP contribution in [0.15, 0.2) is 46.2 Å². The fraction of sp³-hybridized carbons (Fsp3) is 0. The molecule has 0 bridgehead atoms. The van der Waals surface area contributed by atoms with E-state index in [4.69, 9.17) is 0 Å². The molecule has 0 fully saturated rings. The minimum atomic E-state index is -3.78. The number of aldehydes is 1. The third-order valence-electron chi connectivity index (χ3n) is 3.17. The molecule has 0 N–H and O–H groups in total. The summed E-state index contributed by atoms with van der Waals surface area (Å²) < 4.78 is 38.5. The molecule has 0 amide bonds. The van der Waals surface area contributed by atoms with Crippen LogP contribution in [0.5, 0.6) is 0 Å². The van der Waals surface area contributed by atoms with Crippen LogP contribution in [-0.4, -0.2) is 14.7 Å². The van der Waals surface area contributed by atoms with Crippen molar-refractivity contribution in [1.29, 1.82) is 0 Å². The number of benzene rings is 2. The Morgan fingerprint density at radius 3 is 2.40 bits per heavy atom. The van der Waals surface area contributed by atoms with Gasteiger partial charge in [0.15, 0.2) is 0 Å². The van der Waals surface area contributed by atoms with E-state index in [9.17, 15) is 17.6 Å². The molecule has 3 rings (SSSR count). The SMILES string of the molecule is O=Cc1ccc2c(c1)S(=O)(=O)c1ccc(F)cc1C=C2. The average Bonchev–Trinajstić information content (AvgIpc) is 2.54. The molecule has 0 radical (unpaired) electrons. The van der Waals surface area contributed by atoms with Crippen LogP contribution in [0.25, 0.3) is 12.2 Å². The molecule has 5 heteroatoms. The first-order valence-electron chi connectivity index (χ1n) is 5.84. The number of halogens is 1. The monoisotopic (exact) mass is 288 g/mol. The van der Waals surface area contributed by atoms with Gasteiger partial charge in [-0.15, -0.1) is 0 Å². The number of sulfone groups is 1. The van der Waals surface area contributed by atoms with Crippen molar-refractivity contribution in [3.8, 4) is 0 Å². The maximum absolute atomic E-state index is 13.3. The summed E-state index contributed by atoms with van der Waals surface area (Å²) in [5.41, 5.74) is 1.06. The molecule has 1 heterocycles. The van der Waals surface area contributed by atoms with Gasteiger partial charge in [-0.3, -0.25) is 4.79 Å². The molecule has 20 heavy (non-hydrogen) atoms. The Morgan fingerprint density at radius 1 is 0.900 bits per heavy atom. The van der Waals surface area contributed by atoms with E-state index in [1.807, 2.05) is 0 Å². The Bertz CT molecular complexity index is 851. The molecule has 0 saturated carbocycles. The van der Waals surface area contributed by atoms with Crippen molar-refractivity contribution in [2.24, 2.45) is 0 Å². The van der Waals surface area contributed by atoms with Gasteiger partial charge in [-0.25, -0.2) is 12.8 Å². The summed E-state index contributed by atoms with van der Waals surface area (Å²) in [6.07, 6.45) is 3.76. The van der Waals surface area contributed by atoms with Crippen LogP contribution in [-0.2, 0) is 9.84 Å². The van der Waals surface area contributed by atoms with Crippen molar-refractivity contribution in [3.05, 3.63) is 58.9 Å². The van der Waals surface area contributed by atoms with Crippen LogP contribution in [0.3, 0.4) is 0 Å². The van der Waals surface area contributed by atoms with Gasteiger partial charge in [0.05, 0.1) is 9.79 Å². The zero-order valence-electron chi connectivity index (χ0n) is 10.2. The van der Waals surface area contributed by atoms with Crippen molar-refractivity contribution >= 4 is 28.3 Å². The lowest BCUT2D eigenvalue weighted by atomic mass is 10.1. The highest BCUT2D eigenvalue weighted by Gasteiger charge is 2.25. The molecule has 1 aliphatic rings. The van der Waals surface area contributed by atoms with E-state index in [2.05, 4.69) is 0 Å². The summed E-state index contributed by atoms with van der Waals surface area (Å²) in [4.78, 5) is 10.9. The summed E-state index contributed by atoms with van der Waals surface area (Å²) in [5.74, 6) is -0.497. The van der Waals surface area contributed by atoms with Gasteiger partial charge in [-0.2, -0.15) is 0 Å². The lowest BCUT2D eigenvalue weighted by Crippen LogP contribution is -2.05. The van der Waals surface area contributed by atoms with Gasteiger partial charge in [-0.05, 0) is 35.4 Å². The molecule has 0 unspecified atom stereocenters. The van der Waals surface area contributed by atoms with Gasteiger partial charge in [0.1, 0.15) is 12.1 Å². The van der Waals surface area contributed by atoms with Crippen molar-refractivity contribution in [1.82, 2.24) is 0 Å². The summed E-state index contributed by atoms with van der Waals surface area (Å²) in [7, 11) is -3.78. The van der Waals surface area contributed by atoms with Crippen molar-refractivity contribution < 1.29 is 17.6 Å². The fourth-order valence-corrected chi connectivity index (χ4v) is 3.85. The first-order chi connectivity index (χ1) is 9.52. The van der Waals surface area contributed by atoms with Crippen LogP contribution in [0.4, 0.5) is 4.39 Å². The van der Waals surface area contributed by atoms with Crippen LogP contribution in [0.2, 0.25) is 0 Å². The minimum absolute atomic E-state index is 0.0388. The number of carbonyl (C=O) groups is 1. The van der Waals surface area contributed by atoms with Crippen LogP contribution < -0.4 is 0 Å². The van der Waals surface area contributed by atoms with Gasteiger partial charge in [-0.1, -0.05) is 24.3 Å². The highest BCUT2D eigenvalue weighted by Crippen LogP contribution is 2.32.